The second-order valence-corrected chi connectivity index (χ2v) is 8.87. The summed E-state index contributed by atoms with van der Waals surface area (Å²) in [5.41, 5.74) is 6.49. The van der Waals surface area contributed by atoms with Crippen molar-refractivity contribution in [2.45, 2.75) is 38.0 Å². The molecule has 1 aliphatic heterocycles. The van der Waals surface area contributed by atoms with Crippen LogP contribution < -0.4 is 10.5 Å². The first-order valence-electron chi connectivity index (χ1n) is 11.1. The Bertz CT molecular complexity index is 1310. The fraction of sp³-hybridized carbons (Fsp3) is 0.320. The highest BCUT2D eigenvalue weighted by atomic mass is 35.5. The number of amides is 2. The highest BCUT2D eigenvalue weighted by molar-refractivity contribution is 6.30. The van der Waals surface area contributed by atoms with Gasteiger partial charge in [-0.05, 0) is 24.1 Å². The average Bonchev–Trinajstić information content (AvgIpc) is 3.41. The number of hydrogen-bond acceptors (Lipinski definition) is 4. The third-order valence-corrected chi connectivity index (χ3v) is 6.56. The minimum atomic E-state index is -1.35. The fourth-order valence-electron chi connectivity index (χ4n) is 4.58. The molecule has 10 heteroatoms. The third kappa shape index (κ3) is 4.86. The van der Waals surface area contributed by atoms with Crippen LogP contribution in [0, 0.1) is 5.82 Å². The number of likely N-dealkylation sites (tertiary alicyclic amines) is 1. The van der Waals surface area contributed by atoms with E-state index in [-0.39, 0.29) is 54.3 Å². The van der Waals surface area contributed by atoms with Gasteiger partial charge in [-0.1, -0.05) is 35.9 Å². The lowest BCUT2D eigenvalue weighted by Crippen LogP contribution is -2.42. The van der Waals surface area contributed by atoms with Crippen LogP contribution in [-0.4, -0.2) is 52.9 Å². The van der Waals surface area contributed by atoms with Crippen molar-refractivity contribution in [3.8, 4) is 5.75 Å². The standard InChI is InChI=1S/C25H24ClF2N3O4/c1-35-21-7-3-5-16-17(25(29)34)12-30(24(16)21)13-22(33)31-11-15(27)10-19(31)20(32)9-8-14-4-2-6-18(26)23(14)28/h2-7,12,15,19H,8-11,13H2,1H3,(H2,29,34)/t15-,19+/m1/s1. The number of nitrogens with two attached hydrogens (primary N) is 1. The van der Waals surface area contributed by atoms with Crippen LogP contribution in [0.25, 0.3) is 10.9 Å². The molecule has 1 fully saturated rings. The van der Waals surface area contributed by atoms with E-state index in [2.05, 4.69) is 0 Å². The van der Waals surface area contributed by atoms with Crippen molar-refractivity contribution >= 4 is 40.1 Å². The van der Waals surface area contributed by atoms with Gasteiger partial charge in [-0.3, -0.25) is 14.4 Å². The summed E-state index contributed by atoms with van der Waals surface area (Å²) in [5.74, 6) is -1.67. The van der Waals surface area contributed by atoms with Crippen molar-refractivity contribution in [1.82, 2.24) is 9.47 Å². The van der Waals surface area contributed by atoms with E-state index >= 15 is 0 Å². The molecule has 0 spiro atoms. The number of carbonyl (C=O) groups is 3. The average molecular weight is 504 g/mol. The number of aryl methyl sites for hydroxylation is 1. The van der Waals surface area contributed by atoms with Crippen molar-refractivity contribution in [3.05, 3.63) is 64.6 Å². The maximum atomic E-state index is 14.3. The molecule has 2 N–H and O–H groups in total. The summed E-state index contributed by atoms with van der Waals surface area (Å²) in [6.45, 7) is -0.469. The minimum absolute atomic E-state index is 0.0406. The van der Waals surface area contributed by atoms with Crippen LogP contribution >= 0.6 is 11.6 Å². The second-order valence-electron chi connectivity index (χ2n) is 8.47. The number of para-hydroxylation sites is 1. The first-order chi connectivity index (χ1) is 16.7. The SMILES string of the molecule is COc1cccc2c(C(N)=O)cn(CC(=O)N3C[C@H](F)C[C@H]3C(=O)CCc3cccc(Cl)c3F)c12. The number of ketones is 1. The van der Waals surface area contributed by atoms with Gasteiger partial charge < -0.3 is 19.9 Å². The Morgan fingerprint density at radius 1 is 1.20 bits per heavy atom. The molecule has 1 saturated heterocycles. The molecule has 184 valence electrons. The van der Waals surface area contributed by atoms with E-state index in [1.807, 2.05) is 0 Å². The molecular formula is C25H24ClF2N3O4. The zero-order valence-corrected chi connectivity index (χ0v) is 19.7. The Balaban J connectivity index is 1.55. The van der Waals surface area contributed by atoms with Gasteiger partial charge >= 0.3 is 0 Å². The summed E-state index contributed by atoms with van der Waals surface area (Å²) in [6, 6.07) is 8.65. The summed E-state index contributed by atoms with van der Waals surface area (Å²) in [6.07, 6.45) is 0.0000975. The smallest absolute Gasteiger partial charge is 0.250 e. The van der Waals surface area contributed by atoms with Crippen molar-refractivity contribution in [3.63, 3.8) is 0 Å². The van der Waals surface area contributed by atoms with E-state index in [0.29, 0.717) is 16.7 Å². The van der Waals surface area contributed by atoms with Gasteiger partial charge in [0, 0.05) is 24.4 Å². The Labute approximate surface area is 205 Å². The van der Waals surface area contributed by atoms with E-state index in [9.17, 15) is 23.2 Å². The molecule has 2 aromatic carbocycles. The number of primary amides is 1. The maximum Gasteiger partial charge on any atom is 0.250 e. The van der Waals surface area contributed by atoms with Crippen molar-refractivity contribution in [2.24, 2.45) is 5.73 Å². The zero-order valence-electron chi connectivity index (χ0n) is 19.0. The summed E-state index contributed by atoms with van der Waals surface area (Å²) in [4.78, 5) is 39.3. The molecule has 7 nitrogen and oxygen atoms in total. The number of benzene rings is 2. The molecule has 2 heterocycles. The lowest BCUT2D eigenvalue weighted by atomic mass is 10.0. The summed E-state index contributed by atoms with van der Waals surface area (Å²) in [7, 11) is 1.46. The first-order valence-corrected chi connectivity index (χ1v) is 11.4. The highest BCUT2D eigenvalue weighted by Crippen LogP contribution is 2.31. The number of carbonyl (C=O) groups excluding carboxylic acids is 3. The number of halogens is 3. The first kappa shape index (κ1) is 24.7. The van der Waals surface area contributed by atoms with Crippen LogP contribution in [0.3, 0.4) is 0 Å². The summed E-state index contributed by atoms with van der Waals surface area (Å²) >= 11 is 5.80. The third-order valence-electron chi connectivity index (χ3n) is 6.27. The largest absolute Gasteiger partial charge is 0.495 e. The second kappa shape index (κ2) is 10.0. The Hall–Kier alpha value is -3.46. The summed E-state index contributed by atoms with van der Waals surface area (Å²) in [5, 5.41) is 0.478. The zero-order chi connectivity index (χ0) is 25.3. The normalized spacial score (nSPS) is 17.7. The molecule has 2 atom stereocenters. The Morgan fingerprint density at radius 3 is 2.66 bits per heavy atom. The summed E-state index contributed by atoms with van der Waals surface area (Å²) < 4.78 is 35.4. The molecule has 0 radical (unpaired) electrons. The van der Waals surface area contributed by atoms with Gasteiger partial charge in [-0.25, -0.2) is 8.78 Å². The molecule has 0 unspecified atom stereocenters. The molecule has 1 aromatic heterocycles. The molecule has 1 aliphatic rings. The van der Waals surface area contributed by atoms with Gasteiger partial charge in [0.25, 0.3) is 5.91 Å². The van der Waals surface area contributed by atoms with Crippen LogP contribution in [0.2, 0.25) is 5.02 Å². The molecule has 4 rings (SSSR count). The van der Waals surface area contributed by atoms with Crippen molar-refractivity contribution in [1.29, 1.82) is 0 Å². The number of nitrogens with zero attached hydrogens (tertiary/aromatic N) is 2. The number of hydrogen-bond donors (Lipinski definition) is 1. The predicted octanol–water partition coefficient (Wildman–Crippen LogP) is 3.68. The van der Waals surface area contributed by atoms with E-state index in [0.717, 1.165) is 0 Å². The lowest BCUT2D eigenvalue weighted by molar-refractivity contribution is -0.138. The Kier molecular flexibility index (Phi) is 7.07. The van der Waals surface area contributed by atoms with Gasteiger partial charge in [0.05, 0.1) is 35.8 Å². The van der Waals surface area contributed by atoms with Crippen LogP contribution in [0.5, 0.6) is 5.75 Å². The molecule has 0 bridgehead atoms. The van der Waals surface area contributed by atoms with E-state index in [1.54, 1.807) is 24.3 Å². The van der Waals surface area contributed by atoms with Gasteiger partial charge in [-0.15, -0.1) is 0 Å². The molecule has 35 heavy (non-hydrogen) atoms. The number of rotatable bonds is 8. The molecule has 2 amide bonds. The predicted molar refractivity (Wildman–Crippen MR) is 127 cm³/mol. The van der Waals surface area contributed by atoms with Crippen LogP contribution in [-0.2, 0) is 22.6 Å². The maximum absolute atomic E-state index is 14.3. The molecule has 0 aliphatic carbocycles. The van der Waals surface area contributed by atoms with Gasteiger partial charge in [0.15, 0.2) is 5.78 Å². The monoisotopic (exact) mass is 503 g/mol. The van der Waals surface area contributed by atoms with E-state index in [1.165, 1.54) is 34.9 Å². The number of Topliss-reactive ketones (excluding diaryl/α,β-unsaturated/α-hetero) is 1. The minimum Gasteiger partial charge on any atom is -0.495 e. The highest BCUT2D eigenvalue weighted by Gasteiger charge is 2.39. The fourth-order valence-corrected chi connectivity index (χ4v) is 4.77. The molecule has 0 saturated carbocycles. The number of ether oxygens (including phenoxy) is 1. The van der Waals surface area contributed by atoms with Crippen LogP contribution in [0.4, 0.5) is 8.78 Å². The van der Waals surface area contributed by atoms with Crippen LogP contribution in [0.15, 0.2) is 42.6 Å². The van der Waals surface area contributed by atoms with Gasteiger partial charge in [0.1, 0.15) is 24.3 Å². The number of alkyl halides is 1. The number of aromatic nitrogens is 1. The van der Waals surface area contributed by atoms with Crippen molar-refractivity contribution < 1.29 is 27.9 Å². The number of fused-ring (bicyclic) bond motifs is 1. The quantitative estimate of drug-likeness (QED) is 0.507. The van der Waals surface area contributed by atoms with E-state index < -0.39 is 29.8 Å². The van der Waals surface area contributed by atoms with Crippen molar-refractivity contribution in [2.75, 3.05) is 13.7 Å². The molecular weight excluding hydrogens is 480 g/mol. The number of methoxy groups -OCH3 is 1. The van der Waals surface area contributed by atoms with Crippen LogP contribution in [0.1, 0.15) is 28.8 Å². The Morgan fingerprint density at radius 2 is 1.94 bits per heavy atom. The van der Waals surface area contributed by atoms with Gasteiger partial charge in [-0.2, -0.15) is 0 Å². The van der Waals surface area contributed by atoms with Gasteiger partial charge in [0.2, 0.25) is 5.91 Å². The topological polar surface area (TPSA) is 94.6 Å². The lowest BCUT2D eigenvalue weighted by Gasteiger charge is -2.24. The van der Waals surface area contributed by atoms with E-state index in [4.69, 9.17) is 22.1 Å². The molecule has 3 aromatic rings.